The van der Waals surface area contributed by atoms with Gasteiger partial charge in [-0.1, -0.05) is 73.7 Å². The predicted molar refractivity (Wildman–Crippen MR) is 195 cm³/mol. The van der Waals surface area contributed by atoms with Crippen LogP contribution in [0.25, 0.3) is 0 Å². The van der Waals surface area contributed by atoms with Crippen molar-refractivity contribution in [1.82, 2.24) is 4.90 Å². The summed E-state index contributed by atoms with van der Waals surface area (Å²) in [4.78, 5) is 28.6. The Morgan fingerprint density at radius 2 is 1.94 bits per heavy atom. The highest BCUT2D eigenvalue weighted by Crippen LogP contribution is 2.52. The summed E-state index contributed by atoms with van der Waals surface area (Å²) >= 11 is 0. The van der Waals surface area contributed by atoms with Crippen LogP contribution < -0.4 is 4.90 Å². The van der Waals surface area contributed by atoms with E-state index in [2.05, 4.69) is 83.3 Å². The minimum absolute atomic E-state index is 0.166. The number of allylic oxidation sites excluding steroid dienone is 5. The van der Waals surface area contributed by atoms with E-state index < -0.39 is 5.54 Å². The van der Waals surface area contributed by atoms with Gasteiger partial charge in [-0.2, -0.15) is 0 Å². The molecule has 2 aromatic rings. The first-order valence-corrected chi connectivity index (χ1v) is 18.0. The van der Waals surface area contributed by atoms with E-state index in [9.17, 15) is 4.79 Å². The molecule has 0 aromatic heterocycles. The van der Waals surface area contributed by atoms with E-state index in [0.717, 1.165) is 43.8 Å². The molecule has 1 fully saturated rings. The highest BCUT2D eigenvalue weighted by atomic mass is 16.5. The van der Waals surface area contributed by atoms with Gasteiger partial charge in [0.2, 0.25) is 0 Å². The molecule has 6 aliphatic rings. The zero-order valence-electron chi connectivity index (χ0n) is 28.2. The second-order valence-corrected chi connectivity index (χ2v) is 14.0. The molecule has 8 rings (SSSR count). The fourth-order valence-electron chi connectivity index (χ4n) is 8.98. The minimum atomic E-state index is -0.477. The van der Waals surface area contributed by atoms with Crippen LogP contribution in [0, 0.1) is 5.92 Å². The number of fused-ring (bicyclic) bond motifs is 4. The van der Waals surface area contributed by atoms with E-state index in [1.165, 1.54) is 40.9 Å². The van der Waals surface area contributed by atoms with Crippen molar-refractivity contribution in [3.8, 4) is 0 Å². The summed E-state index contributed by atoms with van der Waals surface area (Å²) in [6.07, 6.45) is 21.3. The number of carbonyl (C=O) groups excluding carboxylic acids is 1. The first-order chi connectivity index (χ1) is 23.6. The minimum Gasteiger partial charge on any atom is -0.461 e. The van der Waals surface area contributed by atoms with Crippen LogP contribution in [-0.2, 0) is 16.1 Å². The number of likely N-dealkylation sites (N-methyl/N-ethyl adjacent to an activating group) is 2. The molecule has 4 heterocycles. The van der Waals surface area contributed by atoms with Crippen LogP contribution in [0.15, 0.2) is 118 Å². The zero-order chi connectivity index (χ0) is 32.7. The Hall–Kier alpha value is -4.29. The number of aliphatic imine (C=N–C) groups is 2. The number of nitrogens with zero attached hydrogens (tertiary/aromatic N) is 4. The van der Waals surface area contributed by atoms with E-state index in [0.29, 0.717) is 24.8 Å². The number of piperidine rings is 1. The third kappa shape index (κ3) is 5.44. The average molecular weight is 639 g/mol. The number of likely N-dealkylation sites (tertiary alicyclic amines) is 1. The highest BCUT2D eigenvalue weighted by Gasteiger charge is 2.47. The van der Waals surface area contributed by atoms with Gasteiger partial charge in [-0.25, -0.2) is 0 Å². The van der Waals surface area contributed by atoms with Gasteiger partial charge in [0.15, 0.2) is 0 Å². The van der Waals surface area contributed by atoms with Crippen LogP contribution in [0.2, 0.25) is 0 Å². The van der Waals surface area contributed by atoms with Gasteiger partial charge in [0, 0.05) is 54.8 Å². The van der Waals surface area contributed by atoms with Crippen LogP contribution >= 0.6 is 0 Å². The number of benzene rings is 2. The lowest BCUT2D eigenvalue weighted by molar-refractivity contribution is -0.149. The summed E-state index contributed by atoms with van der Waals surface area (Å²) in [7, 11) is 0. The van der Waals surface area contributed by atoms with E-state index in [1.54, 1.807) is 5.56 Å². The fourth-order valence-corrected chi connectivity index (χ4v) is 8.98. The van der Waals surface area contributed by atoms with Crippen molar-refractivity contribution >= 4 is 23.6 Å². The summed E-state index contributed by atoms with van der Waals surface area (Å²) in [5.74, 6) is 0.444. The average Bonchev–Trinajstić information content (AvgIpc) is 3.61. The molecule has 1 spiro atoms. The molecule has 48 heavy (non-hydrogen) atoms. The largest absolute Gasteiger partial charge is 0.461 e. The summed E-state index contributed by atoms with van der Waals surface area (Å²) in [5.41, 5.74) is 9.76. The van der Waals surface area contributed by atoms with Gasteiger partial charge < -0.3 is 14.5 Å². The van der Waals surface area contributed by atoms with Gasteiger partial charge in [-0.3, -0.25) is 14.8 Å². The third-order valence-corrected chi connectivity index (χ3v) is 11.5. The number of carbonyl (C=O) groups is 1. The lowest BCUT2D eigenvalue weighted by Gasteiger charge is -2.38. The molecular formula is C42H46N4O2. The number of hydrogen-bond acceptors (Lipinski definition) is 6. The summed E-state index contributed by atoms with van der Waals surface area (Å²) in [6, 6.07) is 17.8. The molecule has 5 unspecified atom stereocenters. The molecule has 0 N–H and O–H groups in total. The molecule has 2 aromatic carbocycles. The molecule has 6 heteroatoms. The van der Waals surface area contributed by atoms with Crippen LogP contribution in [0.4, 0.5) is 5.69 Å². The molecule has 6 nitrogen and oxygen atoms in total. The number of esters is 1. The Bertz CT molecular complexity index is 1800. The quantitative estimate of drug-likeness (QED) is 0.302. The number of rotatable bonds is 6. The smallest absolute Gasteiger partial charge is 0.309 e. The Kier molecular flexibility index (Phi) is 8.37. The van der Waals surface area contributed by atoms with Crippen molar-refractivity contribution in [2.75, 3.05) is 31.1 Å². The SMILES string of the molecule is CCN1CCC2c3cc(C4C=C5C=CC=CC56N=C5CCC(C(=O)OCc7ccccc7)CC=N/C=C\C5=C6C4)ccc3N(CC)C2C1. The first-order valence-electron chi connectivity index (χ1n) is 18.0. The van der Waals surface area contributed by atoms with Crippen molar-refractivity contribution < 1.29 is 9.53 Å². The molecule has 0 saturated carbocycles. The monoisotopic (exact) mass is 638 g/mol. The number of hydrogen-bond donors (Lipinski definition) is 0. The summed E-state index contributed by atoms with van der Waals surface area (Å²) < 4.78 is 5.77. The van der Waals surface area contributed by atoms with Crippen molar-refractivity contribution in [3.05, 3.63) is 125 Å². The third-order valence-electron chi connectivity index (χ3n) is 11.5. The van der Waals surface area contributed by atoms with Gasteiger partial charge in [-0.05, 0) is 104 Å². The van der Waals surface area contributed by atoms with Crippen molar-refractivity contribution in [3.63, 3.8) is 0 Å². The fraction of sp³-hybridized carbons (Fsp3) is 0.405. The highest BCUT2D eigenvalue weighted by molar-refractivity contribution is 6.07. The molecular weight excluding hydrogens is 592 g/mol. The number of ether oxygens (including phenoxy) is 1. The van der Waals surface area contributed by atoms with Crippen molar-refractivity contribution in [1.29, 1.82) is 0 Å². The van der Waals surface area contributed by atoms with E-state index in [4.69, 9.17) is 9.73 Å². The molecule has 2 aliphatic carbocycles. The number of anilines is 1. The molecule has 246 valence electrons. The summed E-state index contributed by atoms with van der Waals surface area (Å²) in [6.45, 7) is 9.40. The predicted octanol–water partition coefficient (Wildman–Crippen LogP) is 7.86. The Balaban J connectivity index is 1.08. The van der Waals surface area contributed by atoms with Crippen LogP contribution in [0.5, 0.6) is 0 Å². The summed E-state index contributed by atoms with van der Waals surface area (Å²) in [5, 5.41) is 0. The van der Waals surface area contributed by atoms with E-state index in [1.807, 2.05) is 42.7 Å². The van der Waals surface area contributed by atoms with Crippen LogP contribution in [0.3, 0.4) is 0 Å². The standard InChI is InChI=1S/C42H46N4O2/c1-3-45-23-19-34-36-25-31(14-16-39(36)46(4-2)40(34)27-45)32-24-33-12-8-9-20-42(33)37(26-32)35-18-22-43-21-17-30(13-15-38(35)44-42)41(47)48-28-29-10-6-5-7-11-29/h5-12,14,16,18,20-22,24-25,30,32,34,40H,3-4,13,15,17,19,23,26-28H2,1-2H3/b22-18-,43-21?. The molecule has 5 atom stereocenters. The van der Waals surface area contributed by atoms with Crippen LogP contribution in [-0.4, -0.2) is 60.6 Å². The van der Waals surface area contributed by atoms with Gasteiger partial charge in [-0.15, -0.1) is 0 Å². The molecule has 0 bridgehead atoms. The van der Waals surface area contributed by atoms with Crippen molar-refractivity contribution in [2.24, 2.45) is 15.9 Å². The van der Waals surface area contributed by atoms with Gasteiger partial charge in [0.05, 0.1) is 5.92 Å². The van der Waals surface area contributed by atoms with E-state index in [-0.39, 0.29) is 24.4 Å². The van der Waals surface area contributed by atoms with Gasteiger partial charge in [0.1, 0.15) is 12.1 Å². The maximum absolute atomic E-state index is 13.3. The maximum Gasteiger partial charge on any atom is 0.309 e. The van der Waals surface area contributed by atoms with Gasteiger partial charge >= 0.3 is 5.97 Å². The molecule has 4 aliphatic heterocycles. The Morgan fingerprint density at radius 3 is 2.79 bits per heavy atom. The lowest BCUT2D eigenvalue weighted by atomic mass is 9.69. The Morgan fingerprint density at radius 1 is 1.04 bits per heavy atom. The Labute approximate surface area is 285 Å². The second-order valence-electron chi connectivity index (χ2n) is 14.0. The van der Waals surface area contributed by atoms with E-state index >= 15 is 0 Å². The normalized spacial score (nSPS) is 29.7. The topological polar surface area (TPSA) is 57.5 Å². The lowest BCUT2D eigenvalue weighted by Crippen LogP contribution is -2.48. The maximum atomic E-state index is 13.3. The first kappa shape index (κ1) is 31.0. The molecule has 0 radical (unpaired) electrons. The van der Waals surface area contributed by atoms with Crippen LogP contribution in [0.1, 0.15) is 74.5 Å². The zero-order valence-corrected chi connectivity index (χ0v) is 28.2. The second kappa shape index (κ2) is 13.0. The van der Waals surface area contributed by atoms with Gasteiger partial charge in [0.25, 0.3) is 0 Å². The molecule has 1 saturated heterocycles. The van der Waals surface area contributed by atoms with Crippen molar-refractivity contribution in [2.45, 2.75) is 76.0 Å². The molecule has 0 amide bonds.